The molecule has 0 spiro atoms. The number of nitrogens with one attached hydrogen (secondary N) is 2. The fraction of sp³-hybridized carbons (Fsp3) is 0.711. The van der Waals surface area contributed by atoms with E-state index in [0.717, 1.165) is 24.5 Å². The van der Waals surface area contributed by atoms with Crippen molar-refractivity contribution in [2.24, 2.45) is 11.8 Å². The van der Waals surface area contributed by atoms with Gasteiger partial charge in [0.1, 0.15) is 64.3 Å². The molecule has 644 valence electrons. The molecule has 0 saturated carbocycles. The molecule has 7 heterocycles. The Hall–Kier alpha value is -10.3. The molecule has 114 heavy (non-hydrogen) atoms. The largest absolute Gasteiger partial charge is 0.480 e. The fourth-order valence-corrected chi connectivity index (χ4v) is 10.9. The number of likely N-dealkylation sites (tertiary alicyclic amines) is 5. The van der Waals surface area contributed by atoms with Crippen LogP contribution in [0.15, 0.2) is 23.9 Å². The first-order chi connectivity index (χ1) is 52.4. The van der Waals surface area contributed by atoms with E-state index in [1.54, 1.807) is 178 Å². The van der Waals surface area contributed by atoms with Gasteiger partial charge in [-0.3, -0.25) is 33.6 Å². The summed E-state index contributed by atoms with van der Waals surface area (Å²) in [5, 5.41) is 22.3. The maximum atomic E-state index is 12.4. The van der Waals surface area contributed by atoms with Crippen LogP contribution in [0.2, 0.25) is 0 Å². The van der Waals surface area contributed by atoms with Crippen molar-refractivity contribution in [2.75, 3.05) is 53.7 Å². The molecule has 0 bridgehead atoms. The Morgan fingerprint density at radius 1 is 0.439 bits per heavy atom. The van der Waals surface area contributed by atoms with E-state index in [1.807, 2.05) is 0 Å². The van der Waals surface area contributed by atoms with Crippen molar-refractivity contribution in [3.63, 3.8) is 0 Å². The minimum absolute atomic E-state index is 0.0666. The predicted octanol–water partition coefficient (Wildman–Crippen LogP) is 6.70. The average Bonchev–Trinajstić information content (AvgIpc) is 1.66. The first-order valence-electron chi connectivity index (χ1n) is 37.5. The number of aliphatic hydroxyl groups excluding tert-OH is 1. The number of aliphatic hydroxyl groups is 1. The lowest BCUT2D eigenvalue weighted by Gasteiger charge is -2.26. The number of imide groups is 5. The third-order valence-electron chi connectivity index (χ3n) is 15.6. The lowest BCUT2D eigenvalue weighted by Crippen LogP contribution is -2.46. The summed E-state index contributed by atoms with van der Waals surface area (Å²) in [5.41, 5.74) is -3.01. The number of ether oxygens (including phenoxy) is 10. The topological polar surface area (TPSA) is 484 Å². The summed E-state index contributed by atoms with van der Waals surface area (Å²) < 4.78 is 50.0. The van der Waals surface area contributed by atoms with Gasteiger partial charge in [-0.2, -0.15) is 0 Å². The van der Waals surface area contributed by atoms with E-state index in [-0.39, 0.29) is 106 Å². The molecule has 7 aliphatic heterocycles. The van der Waals surface area contributed by atoms with Gasteiger partial charge in [0.2, 0.25) is 29.5 Å². The van der Waals surface area contributed by atoms with Crippen molar-refractivity contribution in [3.05, 3.63) is 23.9 Å². The molecular formula is C76H120N8O30. The van der Waals surface area contributed by atoms with E-state index in [4.69, 9.17) is 57.6 Å². The summed E-state index contributed by atoms with van der Waals surface area (Å²) in [6.07, 6.45) is 0.846. The molecule has 38 nitrogen and oxygen atoms in total. The van der Waals surface area contributed by atoms with Gasteiger partial charge < -0.3 is 73.1 Å². The minimum Gasteiger partial charge on any atom is -0.480 e. The number of hydrogen-bond donors (Lipinski definition) is 4. The molecule has 38 heteroatoms. The fourth-order valence-electron chi connectivity index (χ4n) is 10.9. The highest BCUT2D eigenvalue weighted by Gasteiger charge is 2.50. The normalized spacial score (nSPS) is 22.1. The van der Waals surface area contributed by atoms with E-state index in [0.29, 0.717) is 44.3 Å². The standard InChI is InChI=1S/C15H24N2O5.C13H21NO5.C13H19NO5.C12H19NO5.C11H19NO4.C7H11NO3.C5H7NO3/c1-7-21-13(19)11-8-10(9-16(5)6)12(18)17(11)14(20)22-15(2,3)4;2*1-6-18-11(16)9-7-8(2)10(15)14(9)12(17)19-13(3,4)5;1-5-17-10(15)8-6-7-9(14)13(8)11(16)18-12(2,3)4;1-7-5-8(6-13)12(9(7)14)10(15)16-11(2,3)4;1-2-11-7(10)5-3-4-6(9)8-5;7-4-2-1-3(6-4)5(8)9/h9,11H,7-8H2,1-6H3;8-9H,6-7H2,1-5H3;9H,2,6-7H2,1,3-5H3;8H,5-7H2,1-4H3;7-8,13H,5-6H2,1-4H3;5H,2-4H2,1H3,(H,8,9);3H,1-2H2,(H,6,7)(H,8,9)/b10-9+;;;;;;/t11-;8-,9-;9-;8-;7-,8-;5-;3-/m0000000/s1. The zero-order valence-electron chi connectivity index (χ0n) is 70.3. The van der Waals surface area contributed by atoms with E-state index < -0.39 is 154 Å². The molecular weight excluding hydrogens is 1500 g/mol. The maximum Gasteiger partial charge on any atom is 0.418 e. The van der Waals surface area contributed by atoms with Crippen LogP contribution in [-0.2, 0) is 110 Å². The number of esters is 5. The Labute approximate surface area is 665 Å². The summed E-state index contributed by atoms with van der Waals surface area (Å²) >= 11 is 0. The number of hydrogen-bond acceptors (Lipinski definition) is 30. The van der Waals surface area contributed by atoms with Crippen LogP contribution in [0.25, 0.3) is 0 Å². The predicted molar refractivity (Wildman–Crippen MR) is 401 cm³/mol. The molecule has 7 rings (SSSR count). The van der Waals surface area contributed by atoms with Crippen molar-refractivity contribution in [1.29, 1.82) is 0 Å². The van der Waals surface area contributed by atoms with Gasteiger partial charge in [-0.25, -0.2) is 77.2 Å². The summed E-state index contributed by atoms with van der Waals surface area (Å²) in [7, 11) is 3.52. The number of carboxylic acid groups (broad SMARTS) is 1. The van der Waals surface area contributed by atoms with E-state index in [2.05, 4.69) is 17.2 Å². The summed E-state index contributed by atoms with van der Waals surface area (Å²) in [4.78, 5) is 215. The number of carbonyl (C=O) groups excluding carboxylic acids is 17. The molecule has 4 N–H and O–H groups in total. The van der Waals surface area contributed by atoms with Gasteiger partial charge in [0.05, 0.1) is 45.7 Å². The number of nitrogens with zero attached hydrogens (tertiary/aromatic N) is 6. The minimum atomic E-state index is -0.978. The number of carbonyl (C=O) groups is 18. The van der Waals surface area contributed by atoms with Gasteiger partial charge in [-0.1, -0.05) is 20.4 Å². The van der Waals surface area contributed by atoms with E-state index >= 15 is 0 Å². The van der Waals surface area contributed by atoms with Gasteiger partial charge in [0, 0.05) is 75.4 Å². The van der Waals surface area contributed by atoms with Crippen molar-refractivity contribution >= 4 is 108 Å². The Morgan fingerprint density at radius 2 is 0.772 bits per heavy atom. The van der Waals surface area contributed by atoms with Crippen molar-refractivity contribution in [3.8, 4) is 0 Å². The van der Waals surface area contributed by atoms with Gasteiger partial charge in [-0.15, -0.1) is 0 Å². The van der Waals surface area contributed by atoms with E-state index in [9.17, 15) is 86.3 Å². The molecule has 9 atom stereocenters. The van der Waals surface area contributed by atoms with Crippen LogP contribution >= 0.6 is 0 Å². The summed E-state index contributed by atoms with van der Waals surface area (Å²) in [6, 6.07) is -5.18. The molecule has 0 aromatic carbocycles. The highest BCUT2D eigenvalue weighted by atomic mass is 16.6. The molecule has 0 unspecified atom stereocenters. The lowest BCUT2D eigenvalue weighted by atomic mass is 10.1. The van der Waals surface area contributed by atoms with Gasteiger partial charge in [0.15, 0.2) is 0 Å². The molecule has 7 aliphatic rings. The third-order valence-corrected chi connectivity index (χ3v) is 15.6. The highest BCUT2D eigenvalue weighted by Crippen LogP contribution is 2.32. The van der Waals surface area contributed by atoms with E-state index in [1.165, 1.54) is 0 Å². The summed E-state index contributed by atoms with van der Waals surface area (Å²) in [5.74, 6) is -6.66. The number of rotatable bonds is 13. The van der Waals surface area contributed by atoms with Gasteiger partial charge in [-0.05, 0) is 171 Å². The van der Waals surface area contributed by atoms with Crippen molar-refractivity contribution < 1.29 is 144 Å². The molecule has 12 amide bonds. The van der Waals surface area contributed by atoms with Crippen LogP contribution in [0.1, 0.15) is 217 Å². The van der Waals surface area contributed by atoms with Crippen LogP contribution in [0.5, 0.6) is 0 Å². The second kappa shape index (κ2) is 45.0. The molecule has 0 aromatic heterocycles. The molecule has 0 aromatic rings. The van der Waals surface area contributed by atoms with Crippen LogP contribution in [0, 0.1) is 11.8 Å². The van der Waals surface area contributed by atoms with Crippen LogP contribution in [-0.4, -0.2) is 271 Å². The Morgan fingerprint density at radius 3 is 1.13 bits per heavy atom. The van der Waals surface area contributed by atoms with Gasteiger partial charge >= 0.3 is 66.3 Å². The third kappa shape index (κ3) is 33.8. The molecule has 7 saturated heterocycles. The average molecular weight is 1630 g/mol. The molecule has 7 fully saturated rings. The Balaban J connectivity index is 0.000000674. The Bertz CT molecular complexity index is 3520. The van der Waals surface area contributed by atoms with Crippen LogP contribution in [0.3, 0.4) is 0 Å². The summed E-state index contributed by atoms with van der Waals surface area (Å²) in [6.45, 7) is 41.9. The second-order valence-corrected chi connectivity index (χ2v) is 31.7. The zero-order chi connectivity index (χ0) is 88.2. The monoisotopic (exact) mass is 1620 g/mol. The molecule has 0 aliphatic carbocycles. The number of amides is 12. The maximum absolute atomic E-state index is 12.4. The zero-order valence-corrected chi connectivity index (χ0v) is 70.3. The smallest absolute Gasteiger partial charge is 0.418 e. The second-order valence-electron chi connectivity index (χ2n) is 31.7. The first kappa shape index (κ1) is 102. The highest BCUT2D eigenvalue weighted by molar-refractivity contribution is 6.10. The molecule has 0 radical (unpaired) electrons. The van der Waals surface area contributed by atoms with Gasteiger partial charge in [0.25, 0.3) is 11.8 Å². The van der Waals surface area contributed by atoms with Crippen LogP contribution < -0.4 is 10.6 Å². The SMILES string of the molecule is C=C1C[C@@H](C(=O)OCC)N(C(=O)OC(C)(C)C)C1=O.CCOC(=O)[C@@H]1C/C(=C\N(C)C)C(=O)N1C(=O)OC(C)(C)C.CCOC(=O)[C@@H]1CCC(=O)N1.CCOC(=O)[C@@H]1CCC(=O)N1C(=O)OC(C)(C)C.CCOC(=O)[C@@H]1C[C@H](C)C(=O)N1C(=O)OC(C)(C)C.C[C@H]1C[C@@H](CO)N(C(=O)OC(C)(C)C)C1=O.O=C1CC[C@@H](C(=O)O)N1. The van der Waals surface area contributed by atoms with Crippen molar-refractivity contribution in [2.45, 2.75) is 287 Å². The van der Waals surface area contributed by atoms with Crippen LogP contribution in [0.4, 0.5) is 24.0 Å². The number of aliphatic carboxylic acids is 1. The van der Waals surface area contributed by atoms with Crippen molar-refractivity contribution in [1.82, 2.24) is 40.0 Å². The first-order valence-corrected chi connectivity index (χ1v) is 37.5. The number of carboxylic acids is 1. The Kier molecular flexibility index (Phi) is 40.1. The quantitative estimate of drug-likeness (QED) is 0.0846. The lowest BCUT2D eigenvalue weighted by molar-refractivity contribution is -0.151.